The van der Waals surface area contributed by atoms with Crippen molar-refractivity contribution in [1.82, 2.24) is 20.4 Å². The molecule has 0 aromatic rings. The third-order valence-electron chi connectivity index (χ3n) is 3.93. The molecule has 8 heteroatoms. The van der Waals surface area contributed by atoms with E-state index >= 15 is 0 Å². The van der Waals surface area contributed by atoms with Crippen LogP contribution in [0.4, 0.5) is 4.79 Å². The molecule has 3 saturated heterocycles. The van der Waals surface area contributed by atoms with Crippen molar-refractivity contribution in [3.63, 3.8) is 0 Å². The van der Waals surface area contributed by atoms with E-state index in [0.717, 1.165) is 5.06 Å². The molecule has 2 atom stereocenters. The normalized spacial score (nSPS) is 31.7. The Hall–Kier alpha value is -1.38. The van der Waals surface area contributed by atoms with Gasteiger partial charge in [-0.3, -0.25) is 15.4 Å². The van der Waals surface area contributed by atoms with Gasteiger partial charge in [0.1, 0.15) is 6.04 Å². The minimum Gasteiger partial charge on any atom is -0.379 e. The summed E-state index contributed by atoms with van der Waals surface area (Å²) >= 11 is 0. The number of nitrogens with one attached hydrogen (secondary N) is 1. The lowest BCUT2D eigenvalue weighted by molar-refractivity contribution is -0.133. The first-order valence-corrected chi connectivity index (χ1v) is 6.58. The standard InChI is InChI=1S/C11H18N4O4/c16-10(12-13-3-5-19-6-4-13)9-2-1-8-7-14(9)11(17)15(8)18/h8-9,18H,1-7H2,(H,12,16)/t8-,9+/m1/s1. The molecule has 106 valence electrons. The summed E-state index contributed by atoms with van der Waals surface area (Å²) in [5.74, 6) is -0.177. The highest BCUT2D eigenvalue weighted by Crippen LogP contribution is 2.28. The molecule has 3 heterocycles. The van der Waals surface area contributed by atoms with Crippen LogP contribution in [0, 0.1) is 0 Å². The molecule has 3 rings (SSSR count). The highest BCUT2D eigenvalue weighted by atomic mass is 16.5. The Labute approximate surface area is 110 Å². The van der Waals surface area contributed by atoms with Gasteiger partial charge in [-0.15, -0.1) is 0 Å². The summed E-state index contributed by atoms with van der Waals surface area (Å²) in [5.41, 5.74) is 2.83. The van der Waals surface area contributed by atoms with E-state index in [1.54, 1.807) is 0 Å². The van der Waals surface area contributed by atoms with Crippen molar-refractivity contribution in [2.24, 2.45) is 0 Å². The van der Waals surface area contributed by atoms with Crippen LogP contribution in [0.2, 0.25) is 0 Å². The van der Waals surface area contributed by atoms with Gasteiger partial charge in [-0.1, -0.05) is 0 Å². The van der Waals surface area contributed by atoms with Crippen molar-refractivity contribution in [2.45, 2.75) is 24.9 Å². The van der Waals surface area contributed by atoms with E-state index in [9.17, 15) is 14.8 Å². The van der Waals surface area contributed by atoms with Crippen LogP contribution in [0.5, 0.6) is 0 Å². The fourth-order valence-electron chi connectivity index (χ4n) is 2.83. The highest BCUT2D eigenvalue weighted by Gasteiger charge is 2.46. The number of amides is 3. The lowest BCUT2D eigenvalue weighted by Gasteiger charge is -2.33. The fourth-order valence-corrected chi connectivity index (χ4v) is 2.83. The number of carbonyl (C=O) groups excluding carboxylic acids is 2. The number of nitrogens with zero attached hydrogens (tertiary/aromatic N) is 3. The van der Waals surface area contributed by atoms with Gasteiger partial charge < -0.3 is 9.64 Å². The van der Waals surface area contributed by atoms with E-state index in [4.69, 9.17) is 4.74 Å². The highest BCUT2D eigenvalue weighted by molar-refractivity contribution is 5.88. The average molecular weight is 270 g/mol. The first-order chi connectivity index (χ1) is 9.16. The smallest absolute Gasteiger partial charge is 0.344 e. The SMILES string of the molecule is O=C(NN1CCOCC1)[C@@H]1CC[C@@H]2CN1C(=O)N2O. The number of rotatable bonds is 2. The molecule has 0 saturated carbocycles. The van der Waals surface area contributed by atoms with Crippen molar-refractivity contribution in [1.29, 1.82) is 0 Å². The van der Waals surface area contributed by atoms with Crippen LogP contribution in [0.3, 0.4) is 0 Å². The molecule has 3 aliphatic heterocycles. The first kappa shape index (κ1) is 12.6. The summed E-state index contributed by atoms with van der Waals surface area (Å²) in [6.07, 6.45) is 1.24. The van der Waals surface area contributed by atoms with Crippen LogP contribution in [0.15, 0.2) is 0 Å². The lowest BCUT2D eigenvalue weighted by atomic mass is 10.0. The van der Waals surface area contributed by atoms with E-state index in [-0.39, 0.29) is 11.9 Å². The lowest BCUT2D eigenvalue weighted by Crippen LogP contribution is -2.56. The van der Waals surface area contributed by atoms with Gasteiger partial charge in [-0.2, -0.15) is 0 Å². The molecule has 0 unspecified atom stereocenters. The Morgan fingerprint density at radius 1 is 1.32 bits per heavy atom. The van der Waals surface area contributed by atoms with Crippen LogP contribution >= 0.6 is 0 Å². The molecule has 0 radical (unpaired) electrons. The molecule has 0 aliphatic carbocycles. The monoisotopic (exact) mass is 270 g/mol. The van der Waals surface area contributed by atoms with E-state index in [1.165, 1.54) is 4.90 Å². The van der Waals surface area contributed by atoms with Gasteiger partial charge in [-0.05, 0) is 12.8 Å². The van der Waals surface area contributed by atoms with Gasteiger partial charge in [0.25, 0.3) is 5.91 Å². The number of hydrazine groups is 1. The zero-order chi connectivity index (χ0) is 13.4. The summed E-state index contributed by atoms with van der Waals surface area (Å²) in [6.45, 7) is 2.93. The van der Waals surface area contributed by atoms with Crippen molar-refractivity contribution in [2.75, 3.05) is 32.8 Å². The largest absolute Gasteiger partial charge is 0.379 e. The van der Waals surface area contributed by atoms with Crippen LogP contribution in [-0.4, -0.2) is 77.0 Å². The topological polar surface area (TPSA) is 85.4 Å². The minimum absolute atomic E-state index is 0.167. The quantitative estimate of drug-likeness (QED) is 0.629. The maximum absolute atomic E-state index is 12.2. The molecule has 3 aliphatic rings. The van der Waals surface area contributed by atoms with E-state index < -0.39 is 12.1 Å². The second-order valence-corrected chi connectivity index (χ2v) is 5.10. The third kappa shape index (κ3) is 2.26. The van der Waals surface area contributed by atoms with Gasteiger partial charge in [0, 0.05) is 19.6 Å². The van der Waals surface area contributed by atoms with Gasteiger partial charge >= 0.3 is 6.03 Å². The maximum Gasteiger partial charge on any atom is 0.344 e. The maximum atomic E-state index is 12.2. The van der Waals surface area contributed by atoms with Crippen LogP contribution < -0.4 is 5.43 Å². The Balaban J connectivity index is 1.62. The predicted octanol–water partition coefficient (Wildman–Crippen LogP) is -0.992. The predicted molar refractivity (Wildman–Crippen MR) is 63.1 cm³/mol. The Morgan fingerprint density at radius 3 is 2.79 bits per heavy atom. The van der Waals surface area contributed by atoms with Gasteiger partial charge in [0.15, 0.2) is 0 Å². The number of carbonyl (C=O) groups is 2. The Kier molecular flexibility index (Phi) is 3.29. The molecular formula is C11H18N4O4. The van der Waals surface area contributed by atoms with E-state index in [2.05, 4.69) is 5.43 Å². The summed E-state index contributed by atoms with van der Waals surface area (Å²) in [7, 11) is 0. The van der Waals surface area contributed by atoms with E-state index in [1.807, 2.05) is 5.01 Å². The zero-order valence-electron chi connectivity index (χ0n) is 10.6. The molecule has 2 N–H and O–H groups in total. The number of fused-ring (bicyclic) bond motifs is 2. The zero-order valence-corrected chi connectivity index (χ0v) is 10.6. The summed E-state index contributed by atoms with van der Waals surface area (Å²) in [6, 6.07) is -1.12. The van der Waals surface area contributed by atoms with Crippen molar-refractivity contribution in [3.05, 3.63) is 0 Å². The van der Waals surface area contributed by atoms with Crippen molar-refractivity contribution < 1.29 is 19.5 Å². The van der Waals surface area contributed by atoms with Crippen molar-refractivity contribution >= 4 is 11.9 Å². The third-order valence-corrected chi connectivity index (χ3v) is 3.93. The number of ether oxygens (including phenoxy) is 1. The minimum atomic E-state index is -0.483. The second-order valence-electron chi connectivity index (χ2n) is 5.10. The molecule has 0 aromatic heterocycles. The number of urea groups is 1. The number of hydrogen-bond donors (Lipinski definition) is 2. The Bertz CT molecular complexity index is 385. The van der Waals surface area contributed by atoms with Gasteiger partial charge in [-0.25, -0.2) is 14.9 Å². The molecular weight excluding hydrogens is 252 g/mol. The fraction of sp³-hybridized carbons (Fsp3) is 0.818. The molecule has 2 bridgehead atoms. The molecule has 19 heavy (non-hydrogen) atoms. The van der Waals surface area contributed by atoms with E-state index in [0.29, 0.717) is 45.7 Å². The number of hydrogen-bond acceptors (Lipinski definition) is 5. The second kappa shape index (κ2) is 4.95. The molecule has 8 nitrogen and oxygen atoms in total. The van der Waals surface area contributed by atoms with Crippen molar-refractivity contribution in [3.8, 4) is 0 Å². The molecule has 3 amide bonds. The Morgan fingerprint density at radius 2 is 2.05 bits per heavy atom. The average Bonchev–Trinajstić information content (AvgIpc) is 2.65. The first-order valence-electron chi connectivity index (χ1n) is 6.58. The number of hydroxylamine groups is 2. The van der Waals surface area contributed by atoms with Crippen LogP contribution in [0.1, 0.15) is 12.8 Å². The molecule has 0 aromatic carbocycles. The summed E-state index contributed by atoms with van der Waals surface area (Å²) in [5, 5.41) is 12.1. The van der Waals surface area contributed by atoms with Crippen LogP contribution in [-0.2, 0) is 9.53 Å². The number of morpholine rings is 1. The van der Waals surface area contributed by atoms with Gasteiger partial charge in [0.2, 0.25) is 0 Å². The number of piperidine rings is 1. The summed E-state index contributed by atoms with van der Waals surface area (Å²) in [4.78, 5) is 25.4. The van der Waals surface area contributed by atoms with Gasteiger partial charge in [0.05, 0.1) is 19.3 Å². The summed E-state index contributed by atoms with van der Waals surface area (Å²) < 4.78 is 5.21. The van der Waals surface area contributed by atoms with Crippen LogP contribution in [0.25, 0.3) is 0 Å². The molecule has 3 fully saturated rings. The molecule has 0 spiro atoms.